The number of hydrogen-bond donors (Lipinski definition) is 2. The molecule has 1 amide bonds. The van der Waals surface area contributed by atoms with Crippen molar-refractivity contribution in [3.63, 3.8) is 0 Å². The van der Waals surface area contributed by atoms with E-state index >= 15 is 0 Å². The maximum atomic E-state index is 13.9. The molecule has 1 saturated carbocycles. The topological polar surface area (TPSA) is 89.3 Å². The van der Waals surface area contributed by atoms with Crippen molar-refractivity contribution < 1.29 is 17.6 Å². The summed E-state index contributed by atoms with van der Waals surface area (Å²) in [5, 5.41) is 7.75. The molecular weight excluding hydrogens is 363 g/mol. The smallest absolute Gasteiger partial charge is 0.254 e. The van der Waals surface area contributed by atoms with Crippen LogP contribution in [0.4, 0.5) is 4.39 Å². The zero-order valence-corrected chi connectivity index (χ0v) is 13.8. The lowest BCUT2D eigenvalue weighted by Gasteiger charge is -2.09. The van der Waals surface area contributed by atoms with Gasteiger partial charge in [-0.3, -0.25) is 4.79 Å². The summed E-state index contributed by atoms with van der Waals surface area (Å²) >= 11 is 2.93. The second kappa shape index (κ2) is 6.02. The van der Waals surface area contributed by atoms with Crippen LogP contribution < -0.4 is 10.5 Å². The molecule has 1 aromatic rings. The molecule has 2 unspecified atom stereocenters. The molecule has 0 aromatic heterocycles. The predicted octanol–water partition coefficient (Wildman–Crippen LogP) is 2.15. The number of rotatable bonds is 5. The number of sulfonamides is 1. The lowest BCUT2D eigenvalue weighted by molar-refractivity contribution is 0.0944. The first-order valence-electron chi connectivity index (χ1n) is 6.56. The van der Waals surface area contributed by atoms with E-state index < -0.39 is 21.7 Å². The number of halogens is 2. The lowest BCUT2D eigenvalue weighted by Crippen LogP contribution is -2.28. The van der Waals surface area contributed by atoms with E-state index in [2.05, 4.69) is 28.2 Å². The van der Waals surface area contributed by atoms with Gasteiger partial charge in [-0.25, -0.2) is 17.9 Å². The lowest BCUT2D eigenvalue weighted by atomic mass is 10.2. The summed E-state index contributed by atoms with van der Waals surface area (Å²) in [5.74, 6) is -0.983. The maximum Gasteiger partial charge on any atom is 0.254 e. The Hall–Kier alpha value is -0.990. The number of nitrogens with one attached hydrogen (secondary N) is 1. The first-order valence-corrected chi connectivity index (χ1v) is 8.90. The van der Waals surface area contributed by atoms with Crippen LogP contribution in [0.25, 0.3) is 0 Å². The molecule has 2 atom stereocenters. The van der Waals surface area contributed by atoms with Crippen LogP contribution in [0.3, 0.4) is 0 Å². The van der Waals surface area contributed by atoms with Gasteiger partial charge in [0.15, 0.2) is 0 Å². The van der Waals surface area contributed by atoms with Crippen molar-refractivity contribution in [2.45, 2.75) is 37.1 Å². The molecule has 3 N–H and O–H groups in total. The average molecular weight is 379 g/mol. The van der Waals surface area contributed by atoms with Crippen LogP contribution in [0, 0.1) is 11.7 Å². The third kappa shape index (κ3) is 3.81. The van der Waals surface area contributed by atoms with E-state index in [-0.39, 0.29) is 21.0 Å². The zero-order chi connectivity index (χ0) is 15.8. The van der Waals surface area contributed by atoms with Gasteiger partial charge in [0.2, 0.25) is 10.0 Å². The van der Waals surface area contributed by atoms with Gasteiger partial charge in [0.05, 0.1) is 10.5 Å². The van der Waals surface area contributed by atoms with Gasteiger partial charge >= 0.3 is 0 Å². The van der Waals surface area contributed by atoms with Crippen LogP contribution in [0.2, 0.25) is 0 Å². The second-order valence-electron chi connectivity index (χ2n) is 5.17. The van der Waals surface area contributed by atoms with Gasteiger partial charge in [0.1, 0.15) is 5.82 Å². The molecule has 1 aromatic carbocycles. The van der Waals surface area contributed by atoms with Crippen molar-refractivity contribution >= 4 is 31.9 Å². The minimum Gasteiger partial charge on any atom is -0.349 e. The van der Waals surface area contributed by atoms with Crippen molar-refractivity contribution in [1.29, 1.82) is 0 Å². The average Bonchev–Trinajstić information content (AvgIpc) is 3.05. The second-order valence-corrected chi connectivity index (χ2v) is 7.56. The molecule has 8 heteroatoms. The Bertz CT molecular complexity index is 678. The predicted molar refractivity (Wildman–Crippen MR) is 79.7 cm³/mol. The molecule has 0 bridgehead atoms. The first-order chi connectivity index (χ1) is 9.74. The fraction of sp³-hybridized carbons (Fsp3) is 0.462. The van der Waals surface area contributed by atoms with Gasteiger partial charge in [0, 0.05) is 10.5 Å². The molecule has 1 fully saturated rings. The minimum absolute atomic E-state index is 0.00525. The molecule has 21 heavy (non-hydrogen) atoms. The van der Waals surface area contributed by atoms with Gasteiger partial charge in [-0.1, -0.05) is 13.3 Å². The highest BCUT2D eigenvalue weighted by Crippen LogP contribution is 2.35. The van der Waals surface area contributed by atoms with E-state index in [1.54, 1.807) is 0 Å². The van der Waals surface area contributed by atoms with Crippen molar-refractivity contribution in [3.05, 3.63) is 28.0 Å². The number of carbonyl (C=O) groups excluding carboxylic acids is 1. The Morgan fingerprint density at radius 1 is 1.52 bits per heavy atom. The van der Waals surface area contributed by atoms with Crippen molar-refractivity contribution in [2.75, 3.05) is 0 Å². The van der Waals surface area contributed by atoms with E-state index in [4.69, 9.17) is 5.14 Å². The Morgan fingerprint density at radius 3 is 2.76 bits per heavy atom. The summed E-state index contributed by atoms with van der Waals surface area (Å²) in [7, 11) is -4.03. The third-order valence-electron chi connectivity index (χ3n) is 3.47. The van der Waals surface area contributed by atoms with Crippen LogP contribution in [0.15, 0.2) is 21.5 Å². The molecule has 1 aliphatic carbocycles. The van der Waals surface area contributed by atoms with Gasteiger partial charge in [0.25, 0.3) is 5.91 Å². The van der Waals surface area contributed by atoms with Crippen LogP contribution >= 0.6 is 15.9 Å². The Morgan fingerprint density at radius 2 is 2.19 bits per heavy atom. The summed E-state index contributed by atoms with van der Waals surface area (Å²) in [6.07, 6.45) is 2.91. The van der Waals surface area contributed by atoms with Crippen LogP contribution in [0.1, 0.15) is 36.5 Å². The largest absolute Gasteiger partial charge is 0.349 e. The molecule has 5 nitrogen and oxygen atoms in total. The standard InChI is InChI=1S/C13H16BrFN2O3S/c1-2-3-7-4-11(7)17-13(18)8-5-12(21(16,19)20)9(14)6-10(8)15/h5-7,11H,2-4H2,1H3,(H,17,18)(H2,16,19,20). The van der Waals surface area contributed by atoms with Crippen molar-refractivity contribution in [1.82, 2.24) is 5.32 Å². The number of hydrogen-bond acceptors (Lipinski definition) is 3. The molecule has 0 radical (unpaired) electrons. The van der Waals surface area contributed by atoms with Crippen molar-refractivity contribution in [2.24, 2.45) is 11.1 Å². The number of benzene rings is 1. The van der Waals surface area contributed by atoms with E-state index in [0.717, 1.165) is 31.4 Å². The fourth-order valence-electron chi connectivity index (χ4n) is 2.28. The van der Waals surface area contributed by atoms with Crippen molar-refractivity contribution in [3.8, 4) is 0 Å². The highest BCUT2D eigenvalue weighted by atomic mass is 79.9. The summed E-state index contributed by atoms with van der Waals surface area (Å²) in [4.78, 5) is 11.7. The normalized spacial score (nSPS) is 21.1. The summed E-state index contributed by atoms with van der Waals surface area (Å²) < 4.78 is 36.7. The van der Waals surface area contributed by atoms with Gasteiger partial charge in [-0.05, 0) is 46.8 Å². The highest BCUT2D eigenvalue weighted by molar-refractivity contribution is 9.10. The van der Waals surface area contributed by atoms with E-state index in [0.29, 0.717) is 5.92 Å². The molecule has 0 aliphatic heterocycles. The molecule has 0 heterocycles. The first kappa shape index (κ1) is 16.4. The van der Waals surface area contributed by atoms with Crippen LogP contribution in [-0.2, 0) is 10.0 Å². The maximum absolute atomic E-state index is 13.9. The number of nitrogens with two attached hydrogens (primary N) is 1. The van der Waals surface area contributed by atoms with Gasteiger partial charge in [-0.2, -0.15) is 0 Å². The molecule has 0 spiro atoms. The molecule has 0 saturated heterocycles. The van der Waals surface area contributed by atoms with Gasteiger partial charge < -0.3 is 5.32 Å². The summed E-state index contributed by atoms with van der Waals surface area (Å²) in [6.45, 7) is 2.06. The molecule has 2 rings (SSSR count). The summed E-state index contributed by atoms with van der Waals surface area (Å²) in [5.41, 5.74) is -0.315. The quantitative estimate of drug-likeness (QED) is 0.822. The molecule has 116 valence electrons. The summed E-state index contributed by atoms with van der Waals surface area (Å²) in [6, 6.07) is 1.94. The minimum atomic E-state index is -4.03. The van der Waals surface area contributed by atoms with E-state index in [1.165, 1.54) is 0 Å². The van der Waals surface area contributed by atoms with Crippen LogP contribution in [0.5, 0.6) is 0 Å². The Labute approximate surface area is 131 Å². The number of carbonyl (C=O) groups is 1. The Kier molecular flexibility index (Phi) is 4.69. The highest BCUT2D eigenvalue weighted by Gasteiger charge is 2.37. The molecular formula is C13H16BrFN2O3S. The zero-order valence-electron chi connectivity index (χ0n) is 11.4. The monoisotopic (exact) mass is 378 g/mol. The Balaban J connectivity index is 2.22. The SMILES string of the molecule is CCCC1CC1NC(=O)c1cc(S(N)(=O)=O)c(Br)cc1F. The number of primary sulfonamides is 1. The van der Waals surface area contributed by atoms with Crippen LogP contribution in [-0.4, -0.2) is 20.4 Å². The third-order valence-corrected chi connectivity index (χ3v) is 5.34. The van der Waals surface area contributed by atoms with E-state index in [1.807, 2.05) is 0 Å². The molecule has 1 aliphatic rings. The van der Waals surface area contributed by atoms with E-state index in [9.17, 15) is 17.6 Å². The fourth-order valence-corrected chi connectivity index (χ4v) is 3.89. The number of amides is 1. The van der Waals surface area contributed by atoms with Gasteiger partial charge in [-0.15, -0.1) is 0 Å².